The average molecular weight is 178 g/mol. The topological polar surface area (TPSA) is 51.1 Å². The summed E-state index contributed by atoms with van der Waals surface area (Å²) in [4.78, 5) is 6.95. The van der Waals surface area contributed by atoms with Crippen molar-refractivity contribution in [3.63, 3.8) is 0 Å². The highest BCUT2D eigenvalue weighted by Crippen LogP contribution is 2.21. The van der Waals surface area contributed by atoms with E-state index in [-0.39, 0.29) is 0 Å². The van der Waals surface area contributed by atoms with Crippen molar-refractivity contribution < 1.29 is 9.15 Å². The number of rotatable bonds is 2. The Morgan fingerprint density at radius 2 is 2.31 bits per heavy atom. The van der Waals surface area contributed by atoms with Gasteiger partial charge in [0.15, 0.2) is 5.76 Å². The molecule has 4 nitrogen and oxygen atoms in total. The molecule has 0 saturated carbocycles. The van der Waals surface area contributed by atoms with Gasteiger partial charge in [0.05, 0.1) is 13.3 Å². The average Bonchev–Trinajstić information content (AvgIpc) is 2.71. The van der Waals surface area contributed by atoms with Crippen LogP contribution < -0.4 is 4.74 Å². The van der Waals surface area contributed by atoms with Crippen molar-refractivity contribution >= 4 is 0 Å². The lowest BCUT2D eigenvalue weighted by atomic mass is 10.3. The minimum Gasteiger partial charge on any atom is -0.468 e. The van der Waals surface area contributed by atoms with Crippen molar-refractivity contribution in [2.75, 3.05) is 7.11 Å². The van der Waals surface area contributed by atoms with Gasteiger partial charge in [-0.3, -0.25) is 0 Å². The number of hydrogen-bond acceptors (Lipinski definition) is 3. The van der Waals surface area contributed by atoms with Crippen LogP contribution in [0.3, 0.4) is 0 Å². The lowest BCUT2D eigenvalue weighted by molar-refractivity contribution is 0.384. The van der Waals surface area contributed by atoms with Crippen LogP contribution in [0.4, 0.5) is 0 Å². The number of furan rings is 1. The Labute approximate surface area is 75.6 Å². The van der Waals surface area contributed by atoms with E-state index < -0.39 is 0 Å². The number of imidazole rings is 1. The van der Waals surface area contributed by atoms with Crippen molar-refractivity contribution in [3.05, 3.63) is 24.1 Å². The number of nitrogens with zero attached hydrogens (tertiary/aromatic N) is 1. The molecular weight excluding hydrogens is 168 g/mol. The highest BCUT2D eigenvalue weighted by atomic mass is 16.5. The number of H-pyrrole nitrogens is 1. The number of aromatic nitrogens is 2. The quantitative estimate of drug-likeness (QED) is 0.765. The maximum Gasteiger partial charge on any atom is 0.293 e. The van der Waals surface area contributed by atoms with Gasteiger partial charge >= 0.3 is 0 Å². The van der Waals surface area contributed by atoms with Crippen molar-refractivity contribution in [1.82, 2.24) is 9.97 Å². The molecule has 1 N–H and O–H groups in total. The Kier molecular flexibility index (Phi) is 1.81. The summed E-state index contributed by atoms with van der Waals surface area (Å²) < 4.78 is 10.3. The number of aryl methyl sites for hydroxylation is 1. The van der Waals surface area contributed by atoms with Gasteiger partial charge in [-0.1, -0.05) is 0 Å². The normalized spacial score (nSPS) is 10.3. The van der Waals surface area contributed by atoms with E-state index in [1.54, 1.807) is 13.3 Å². The van der Waals surface area contributed by atoms with Crippen LogP contribution in [0, 0.1) is 6.92 Å². The largest absolute Gasteiger partial charge is 0.468 e. The molecule has 0 aliphatic carbocycles. The maximum absolute atomic E-state index is 5.40. The van der Waals surface area contributed by atoms with Crippen LogP contribution in [-0.4, -0.2) is 17.1 Å². The van der Waals surface area contributed by atoms with Crippen LogP contribution in [0.5, 0.6) is 6.01 Å². The molecule has 4 heteroatoms. The second-order valence-electron chi connectivity index (χ2n) is 2.72. The molecule has 0 fully saturated rings. The Balaban J connectivity index is 2.35. The second-order valence-corrected chi connectivity index (χ2v) is 2.72. The van der Waals surface area contributed by atoms with Gasteiger partial charge in [0, 0.05) is 0 Å². The molecule has 2 heterocycles. The fourth-order valence-corrected chi connectivity index (χ4v) is 1.11. The summed E-state index contributed by atoms with van der Waals surface area (Å²) in [5, 5.41) is 0. The zero-order valence-corrected chi connectivity index (χ0v) is 7.50. The van der Waals surface area contributed by atoms with Crippen LogP contribution in [0.2, 0.25) is 0 Å². The molecule has 68 valence electrons. The third kappa shape index (κ3) is 1.42. The molecule has 0 spiro atoms. The predicted molar refractivity (Wildman–Crippen MR) is 47.6 cm³/mol. The molecule has 0 amide bonds. The molecular formula is C9H10N2O2. The summed E-state index contributed by atoms with van der Waals surface area (Å²) in [6.07, 6.45) is 1.68. The number of ether oxygens (including phenoxy) is 1. The molecule has 2 aromatic heterocycles. The SMILES string of the molecule is COc1ncc(-c2ccc(C)o2)[nH]1. The predicted octanol–water partition coefficient (Wildman–Crippen LogP) is 1.99. The maximum atomic E-state index is 5.40. The van der Waals surface area contributed by atoms with E-state index in [2.05, 4.69) is 9.97 Å². The molecule has 2 rings (SSSR count). The molecule has 0 unspecified atom stereocenters. The zero-order chi connectivity index (χ0) is 9.26. The van der Waals surface area contributed by atoms with Gasteiger partial charge in [-0.25, -0.2) is 4.98 Å². The minimum absolute atomic E-state index is 0.490. The second kappa shape index (κ2) is 2.97. The lowest BCUT2D eigenvalue weighted by Gasteiger charge is -1.90. The standard InChI is InChI=1S/C9H10N2O2/c1-6-3-4-8(13-6)7-5-10-9(11-7)12-2/h3-5H,1-2H3,(H,10,11). The Bertz CT molecular complexity index is 403. The first-order chi connectivity index (χ1) is 6.29. The first-order valence-electron chi connectivity index (χ1n) is 3.95. The zero-order valence-electron chi connectivity index (χ0n) is 7.50. The van der Waals surface area contributed by atoms with Gasteiger partial charge in [0.25, 0.3) is 6.01 Å². The molecule has 0 atom stereocenters. The Morgan fingerprint density at radius 1 is 1.46 bits per heavy atom. The number of nitrogens with one attached hydrogen (secondary N) is 1. The van der Waals surface area contributed by atoms with E-state index in [9.17, 15) is 0 Å². The highest BCUT2D eigenvalue weighted by Gasteiger charge is 2.05. The summed E-state index contributed by atoms with van der Waals surface area (Å²) in [7, 11) is 1.57. The first-order valence-corrected chi connectivity index (χ1v) is 3.95. The van der Waals surface area contributed by atoms with Gasteiger partial charge in [-0.05, 0) is 19.1 Å². The number of aromatic amines is 1. The summed E-state index contributed by atoms with van der Waals surface area (Å²) in [6, 6.07) is 4.29. The first kappa shape index (κ1) is 7.91. The highest BCUT2D eigenvalue weighted by molar-refractivity contribution is 5.51. The third-order valence-corrected chi connectivity index (χ3v) is 1.75. The molecule has 2 aromatic rings. The molecule has 13 heavy (non-hydrogen) atoms. The summed E-state index contributed by atoms with van der Waals surface area (Å²) in [5.41, 5.74) is 0.824. The monoisotopic (exact) mass is 178 g/mol. The van der Waals surface area contributed by atoms with Gasteiger partial charge in [-0.2, -0.15) is 0 Å². The van der Waals surface area contributed by atoms with Crippen molar-refractivity contribution in [2.45, 2.75) is 6.92 Å². The molecule has 0 saturated heterocycles. The number of methoxy groups -OCH3 is 1. The molecule has 0 radical (unpaired) electrons. The van der Waals surface area contributed by atoms with Crippen molar-refractivity contribution in [3.8, 4) is 17.5 Å². The van der Waals surface area contributed by atoms with Gasteiger partial charge in [-0.15, -0.1) is 0 Å². The summed E-state index contributed by atoms with van der Waals surface area (Å²) >= 11 is 0. The Hall–Kier alpha value is -1.71. The summed E-state index contributed by atoms with van der Waals surface area (Å²) in [5.74, 6) is 1.65. The summed E-state index contributed by atoms with van der Waals surface area (Å²) in [6.45, 7) is 1.90. The minimum atomic E-state index is 0.490. The van der Waals surface area contributed by atoms with Gasteiger partial charge in [0.1, 0.15) is 11.5 Å². The lowest BCUT2D eigenvalue weighted by Crippen LogP contribution is -1.83. The van der Waals surface area contributed by atoms with Crippen LogP contribution >= 0.6 is 0 Å². The van der Waals surface area contributed by atoms with Crippen LogP contribution in [0.15, 0.2) is 22.7 Å². The Morgan fingerprint density at radius 3 is 2.85 bits per heavy atom. The van der Waals surface area contributed by atoms with Crippen LogP contribution in [-0.2, 0) is 0 Å². The van der Waals surface area contributed by atoms with Crippen LogP contribution in [0.1, 0.15) is 5.76 Å². The third-order valence-electron chi connectivity index (χ3n) is 1.75. The smallest absolute Gasteiger partial charge is 0.293 e. The molecule has 0 aromatic carbocycles. The fraction of sp³-hybridized carbons (Fsp3) is 0.222. The van der Waals surface area contributed by atoms with Gasteiger partial charge < -0.3 is 14.1 Å². The van der Waals surface area contributed by atoms with E-state index in [4.69, 9.17) is 9.15 Å². The molecule has 0 aliphatic rings. The number of hydrogen-bond donors (Lipinski definition) is 1. The van der Waals surface area contributed by atoms with E-state index in [0.29, 0.717) is 6.01 Å². The van der Waals surface area contributed by atoms with Gasteiger partial charge in [0.2, 0.25) is 0 Å². The van der Waals surface area contributed by atoms with Crippen molar-refractivity contribution in [1.29, 1.82) is 0 Å². The van der Waals surface area contributed by atoms with Crippen molar-refractivity contribution in [2.24, 2.45) is 0 Å². The molecule has 0 aliphatic heterocycles. The van der Waals surface area contributed by atoms with E-state index >= 15 is 0 Å². The van der Waals surface area contributed by atoms with Crippen LogP contribution in [0.25, 0.3) is 11.5 Å². The molecule has 0 bridgehead atoms. The van der Waals surface area contributed by atoms with E-state index in [1.165, 1.54) is 0 Å². The van der Waals surface area contributed by atoms with E-state index in [0.717, 1.165) is 17.2 Å². The van der Waals surface area contributed by atoms with E-state index in [1.807, 2.05) is 19.1 Å². The fourth-order valence-electron chi connectivity index (χ4n) is 1.11.